The second kappa shape index (κ2) is 4.19. The third kappa shape index (κ3) is 2.48. The number of carboxylic acid groups (broad SMARTS) is 1. The Morgan fingerprint density at radius 3 is 2.50 bits per heavy atom. The number of aromatic carboxylic acids is 1. The van der Waals surface area contributed by atoms with E-state index < -0.39 is 26.5 Å². The number of hydrogen-bond donors (Lipinski definition) is 2. The Hall–Kier alpha value is -2.09. The van der Waals surface area contributed by atoms with Gasteiger partial charge in [-0.1, -0.05) is 11.2 Å². The van der Waals surface area contributed by atoms with Gasteiger partial charge in [-0.15, -0.1) is 0 Å². The van der Waals surface area contributed by atoms with Crippen LogP contribution in [0.15, 0.2) is 28.2 Å². The van der Waals surface area contributed by atoms with Gasteiger partial charge in [0.1, 0.15) is 0 Å². The Kier molecular flexibility index (Phi) is 3.14. The van der Waals surface area contributed by atoms with Crippen LogP contribution in [0.2, 0.25) is 0 Å². The maximum absolute atomic E-state index is 10.7. The molecule has 8 nitrogen and oxygen atoms in total. The highest BCUT2D eigenvalue weighted by atomic mass is 32.2. The zero-order valence-electron chi connectivity index (χ0n) is 7.60. The van der Waals surface area contributed by atoms with Crippen molar-refractivity contribution in [3.63, 3.8) is 0 Å². The summed E-state index contributed by atoms with van der Waals surface area (Å²) < 4.78 is 30.2. The third-order valence-electron chi connectivity index (χ3n) is 1.65. The maximum Gasteiger partial charge on any atom is 0.336 e. The van der Waals surface area contributed by atoms with Crippen molar-refractivity contribution in [1.82, 2.24) is 0 Å². The van der Waals surface area contributed by atoms with E-state index >= 15 is 0 Å². The molecule has 0 heterocycles. The summed E-state index contributed by atoms with van der Waals surface area (Å²) in [5.41, 5.74) is 7.41. The van der Waals surface area contributed by atoms with Gasteiger partial charge in [-0.2, -0.15) is 8.42 Å². The van der Waals surface area contributed by atoms with Gasteiger partial charge in [0.2, 0.25) is 0 Å². The van der Waals surface area contributed by atoms with Gasteiger partial charge in [0.15, 0.2) is 0 Å². The zero-order valence-corrected chi connectivity index (χ0v) is 8.42. The van der Waals surface area contributed by atoms with Gasteiger partial charge in [-0.25, -0.2) is 4.79 Å². The SMILES string of the molecule is [N-]=[N+]=Nc1ccc(S(=O)(=O)O)cc1C(=O)O. The number of nitrogens with zero attached hydrogens (tertiary/aromatic N) is 3. The van der Waals surface area contributed by atoms with Crippen molar-refractivity contribution in [2.75, 3.05) is 0 Å². The molecule has 0 spiro atoms. The minimum absolute atomic E-state index is 0.234. The number of benzene rings is 1. The van der Waals surface area contributed by atoms with E-state index in [1.165, 1.54) is 0 Å². The molecule has 0 radical (unpaired) electrons. The minimum Gasteiger partial charge on any atom is -0.478 e. The molecule has 0 saturated carbocycles. The summed E-state index contributed by atoms with van der Waals surface area (Å²) in [5.74, 6) is -1.46. The van der Waals surface area contributed by atoms with Crippen LogP contribution in [0.25, 0.3) is 10.4 Å². The molecule has 1 aromatic rings. The number of hydrogen-bond acceptors (Lipinski definition) is 4. The molecule has 0 atom stereocenters. The number of carbonyl (C=O) groups is 1. The predicted octanol–water partition coefficient (Wildman–Crippen LogP) is 1.57. The topological polar surface area (TPSA) is 140 Å². The number of carboxylic acids is 1. The summed E-state index contributed by atoms with van der Waals surface area (Å²) in [6, 6.07) is 2.64. The summed E-state index contributed by atoms with van der Waals surface area (Å²) in [5, 5.41) is 11.8. The van der Waals surface area contributed by atoms with Crippen LogP contribution >= 0.6 is 0 Å². The molecule has 1 rings (SSSR count). The summed E-state index contributed by atoms with van der Waals surface area (Å²) >= 11 is 0. The van der Waals surface area contributed by atoms with Crippen molar-refractivity contribution in [3.8, 4) is 0 Å². The second-order valence-corrected chi connectivity index (χ2v) is 4.07. The Labute approximate surface area is 89.5 Å². The Balaban J connectivity index is 3.51. The molecule has 1 aromatic carbocycles. The first-order valence-corrected chi connectivity index (χ1v) is 5.20. The van der Waals surface area contributed by atoms with Gasteiger partial charge >= 0.3 is 5.97 Å². The minimum atomic E-state index is -4.49. The largest absolute Gasteiger partial charge is 0.478 e. The van der Waals surface area contributed by atoms with Gasteiger partial charge in [0, 0.05) is 4.91 Å². The van der Waals surface area contributed by atoms with Crippen molar-refractivity contribution in [2.45, 2.75) is 4.90 Å². The fourth-order valence-electron chi connectivity index (χ4n) is 0.982. The standard InChI is InChI=1S/C7H5N3O5S/c8-10-9-6-2-1-4(16(13,14)15)3-5(6)7(11)12/h1-3H,(H,11,12)(H,13,14,15). The van der Waals surface area contributed by atoms with Crippen molar-refractivity contribution in [3.05, 3.63) is 34.2 Å². The molecule has 84 valence electrons. The molecular formula is C7H5N3O5S. The first-order valence-electron chi connectivity index (χ1n) is 3.76. The van der Waals surface area contributed by atoms with E-state index in [0.717, 1.165) is 12.1 Å². The van der Waals surface area contributed by atoms with Crippen LogP contribution in [0.3, 0.4) is 0 Å². The lowest BCUT2D eigenvalue weighted by molar-refractivity contribution is 0.0697. The molecule has 0 fully saturated rings. The highest BCUT2D eigenvalue weighted by Gasteiger charge is 2.15. The molecule has 0 aromatic heterocycles. The summed E-state index contributed by atoms with van der Waals surface area (Å²) in [6.07, 6.45) is 0. The van der Waals surface area contributed by atoms with Crippen LogP contribution in [0, 0.1) is 0 Å². The van der Waals surface area contributed by atoms with E-state index in [1.807, 2.05) is 0 Å². The van der Waals surface area contributed by atoms with Crippen molar-refractivity contribution >= 4 is 21.8 Å². The van der Waals surface area contributed by atoms with Crippen LogP contribution in [0.1, 0.15) is 10.4 Å². The first-order chi connectivity index (χ1) is 7.36. The lowest BCUT2D eigenvalue weighted by Crippen LogP contribution is -2.02. The average Bonchev–Trinajstić information content (AvgIpc) is 2.16. The van der Waals surface area contributed by atoms with E-state index in [2.05, 4.69) is 10.0 Å². The highest BCUT2D eigenvalue weighted by Crippen LogP contribution is 2.23. The molecule has 0 bridgehead atoms. The predicted molar refractivity (Wildman–Crippen MR) is 52.0 cm³/mol. The monoisotopic (exact) mass is 243 g/mol. The molecule has 0 aliphatic heterocycles. The van der Waals surface area contributed by atoms with Crippen LogP contribution < -0.4 is 0 Å². The Morgan fingerprint density at radius 2 is 2.06 bits per heavy atom. The fraction of sp³-hybridized carbons (Fsp3) is 0. The average molecular weight is 243 g/mol. The van der Waals surface area contributed by atoms with Crippen molar-refractivity contribution in [2.24, 2.45) is 5.11 Å². The molecule has 0 unspecified atom stereocenters. The molecular weight excluding hydrogens is 238 g/mol. The van der Waals surface area contributed by atoms with Gasteiger partial charge in [0.05, 0.1) is 16.1 Å². The lowest BCUT2D eigenvalue weighted by atomic mass is 10.2. The molecule has 2 N–H and O–H groups in total. The summed E-state index contributed by atoms with van der Waals surface area (Å²) in [6.45, 7) is 0. The van der Waals surface area contributed by atoms with Gasteiger partial charge in [0.25, 0.3) is 10.1 Å². The Bertz CT molecular complexity index is 588. The van der Waals surface area contributed by atoms with Crippen molar-refractivity contribution < 1.29 is 22.9 Å². The molecule has 0 amide bonds. The van der Waals surface area contributed by atoms with E-state index in [-0.39, 0.29) is 5.69 Å². The smallest absolute Gasteiger partial charge is 0.336 e. The maximum atomic E-state index is 10.7. The highest BCUT2D eigenvalue weighted by molar-refractivity contribution is 7.85. The van der Waals surface area contributed by atoms with Crippen molar-refractivity contribution in [1.29, 1.82) is 0 Å². The van der Waals surface area contributed by atoms with E-state index in [9.17, 15) is 13.2 Å². The normalized spacial score (nSPS) is 10.6. The first kappa shape index (κ1) is 12.0. The zero-order chi connectivity index (χ0) is 12.3. The van der Waals surface area contributed by atoms with Crippen LogP contribution in [0.4, 0.5) is 5.69 Å². The van der Waals surface area contributed by atoms with Crippen LogP contribution in [-0.4, -0.2) is 24.0 Å². The lowest BCUT2D eigenvalue weighted by Gasteiger charge is -2.02. The fourth-order valence-corrected chi connectivity index (χ4v) is 1.49. The van der Waals surface area contributed by atoms with Crippen LogP contribution in [-0.2, 0) is 10.1 Å². The van der Waals surface area contributed by atoms with E-state index in [0.29, 0.717) is 6.07 Å². The quantitative estimate of drug-likeness (QED) is 0.358. The molecule has 0 aliphatic rings. The van der Waals surface area contributed by atoms with Gasteiger partial charge in [-0.05, 0) is 17.7 Å². The molecule has 16 heavy (non-hydrogen) atoms. The van der Waals surface area contributed by atoms with Gasteiger partial charge in [-0.3, -0.25) is 4.55 Å². The molecule has 0 aliphatic carbocycles. The Morgan fingerprint density at radius 1 is 1.44 bits per heavy atom. The third-order valence-corrected chi connectivity index (χ3v) is 2.50. The number of rotatable bonds is 3. The summed E-state index contributed by atoms with van der Waals surface area (Å²) in [4.78, 5) is 12.5. The van der Waals surface area contributed by atoms with E-state index in [1.54, 1.807) is 0 Å². The number of azide groups is 1. The van der Waals surface area contributed by atoms with Crippen LogP contribution in [0.5, 0.6) is 0 Å². The van der Waals surface area contributed by atoms with E-state index in [4.69, 9.17) is 15.2 Å². The summed E-state index contributed by atoms with van der Waals surface area (Å²) in [7, 11) is -4.49. The van der Waals surface area contributed by atoms with Gasteiger partial charge < -0.3 is 5.11 Å². The molecule has 9 heteroatoms. The second-order valence-electron chi connectivity index (χ2n) is 2.65. The molecule has 0 saturated heterocycles.